The summed E-state index contributed by atoms with van der Waals surface area (Å²) in [6.45, 7) is 0. The van der Waals surface area contributed by atoms with Gasteiger partial charge in [-0.25, -0.2) is 18.2 Å². The Morgan fingerprint density at radius 3 is 2.58 bits per heavy atom. The molecule has 1 amide bonds. The number of halogens is 3. The highest BCUT2D eigenvalue weighted by molar-refractivity contribution is 5.91. The average molecular weight is 502 g/mol. The summed E-state index contributed by atoms with van der Waals surface area (Å²) in [6, 6.07) is 5.95. The van der Waals surface area contributed by atoms with Crippen LogP contribution in [-0.4, -0.2) is 45.3 Å². The number of hydrogen-bond acceptors (Lipinski definition) is 6. The van der Waals surface area contributed by atoms with E-state index in [4.69, 9.17) is 4.74 Å². The number of amides is 1. The van der Waals surface area contributed by atoms with Crippen molar-refractivity contribution in [3.63, 3.8) is 0 Å². The quantitative estimate of drug-likeness (QED) is 0.425. The molecule has 2 atom stereocenters. The van der Waals surface area contributed by atoms with Crippen LogP contribution in [0.15, 0.2) is 42.6 Å². The summed E-state index contributed by atoms with van der Waals surface area (Å²) in [7, 11) is 1.42. The van der Waals surface area contributed by atoms with Crippen LogP contribution >= 0.6 is 0 Å². The van der Waals surface area contributed by atoms with Gasteiger partial charge in [0.1, 0.15) is 29.1 Å². The molecule has 2 unspecified atom stereocenters. The summed E-state index contributed by atoms with van der Waals surface area (Å²) in [6.07, 6.45) is 2.54. The van der Waals surface area contributed by atoms with E-state index in [0.29, 0.717) is 31.2 Å². The molecule has 3 aromatic rings. The van der Waals surface area contributed by atoms with Gasteiger partial charge >= 0.3 is 0 Å². The fourth-order valence-electron chi connectivity index (χ4n) is 4.53. The summed E-state index contributed by atoms with van der Waals surface area (Å²) in [5.74, 6) is -2.59. The number of carbonyl (C=O) groups is 1. The molecule has 4 rings (SSSR count). The third kappa shape index (κ3) is 5.66. The summed E-state index contributed by atoms with van der Waals surface area (Å²) in [5.41, 5.74) is 0.296. The molecule has 0 spiro atoms. The smallest absolute Gasteiger partial charge is 0.244 e. The molecule has 1 saturated carbocycles. The zero-order valence-electron chi connectivity index (χ0n) is 19.5. The van der Waals surface area contributed by atoms with Gasteiger partial charge in [-0.05, 0) is 61.9 Å². The van der Waals surface area contributed by atoms with Crippen LogP contribution in [0.3, 0.4) is 0 Å². The lowest BCUT2D eigenvalue weighted by Crippen LogP contribution is -2.40. The lowest BCUT2D eigenvalue weighted by molar-refractivity contribution is -0.117. The second-order valence-corrected chi connectivity index (χ2v) is 8.80. The van der Waals surface area contributed by atoms with Crippen molar-refractivity contribution in [1.29, 1.82) is 0 Å². The van der Waals surface area contributed by atoms with Gasteiger partial charge in [-0.2, -0.15) is 0 Å². The number of nitrogens with one attached hydrogen (secondary N) is 1. The fourth-order valence-corrected chi connectivity index (χ4v) is 4.53. The maximum atomic E-state index is 14.7. The molecule has 0 radical (unpaired) electrons. The van der Waals surface area contributed by atoms with Crippen LogP contribution in [0.2, 0.25) is 0 Å². The average Bonchev–Trinajstić information content (AvgIpc) is 2.88. The Hall–Kier alpha value is -3.50. The number of ether oxygens (including phenoxy) is 1. The predicted molar refractivity (Wildman–Crippen MR) is 126 cm³/mol. The Morgan fingerprint density at radius 1 is 1.11 bits per heavy atom. The molecule has 10 heteroatoms. The minimum atomic E-state index is -1.53. The Morgan fingerprint density at radius 2 is 1.86 bits per heavy atom. The highest BCUT2D eigenvalue weighted by Crippen LogP contribution is 2.35. The van der Waals surface area contributed by atoms with Gasteiger partial charge in [0.05, 0.1) is 24.9 Å². The topological polar surface area (TPSA) is 105 Å². The molecule has 7 nitrogen and oxygen atoms in total. The van der Waals surface area contributed by atoms with Crippen LogP contribution in [0.4, 0.5) is 13.2 Å². The summed E-state index contributed by atoms with van der Waals surface area (Å²) < 4.78 is 46.7. The molecular weight excluding hydrogens is 475 g/mol. The second-order valence-electron chi connectivity index (χ2n) is 8.80. The van der Waals surface area contributed by atoms with Crippen molar-refractivity contribution in [2.45, 2.75) is 43.9 Å². The van der Waals surface area contributed by atoms with Crippen LogP contribution in [0.25, 0.3) is 17.1 Å². The minimum absolute atomic E-state index is 0.0334. The molecule has 1 aliphatic rings. The molecule has 2 heterocycles. The third-order valence-corrected chi connectivity index (χ3v) is 6.48. The number of carbonyl (C=O) groups excluding carboxylic acids is 1. The lowest BCUT2D eigenvalue weighted by atomic mass is 9.80. The second kappa shape index (κ2) is 11.0. The van der Waals surface area contributed by atoms with Gasteiger partial charge in [0.15, 0.2) is 0 Å². The highest BCUT2D eigenvalue weighted by Gasteiger charge is 2.34. The Balaban J connectivity index is 1.37. The van der Waals surface area contributed by atoms with E-state index in [1.54, 1.807) is 12.1 Å². The zero-order chi connectivity index (χ0) is 25.8. The van der Waals surface area contributed by atoms with Gasteiger partial charge in [-0.1, -0.05) is 0 Å². The van der Waals surface area contributed by atoms with E-state index < -0.39 is 35.6 Å². The number of aromatic nitrogens is 2. The number of nitrogens with zero attached hydrogens (tertiary/aromatic N) is 2. The fraction of sp³-hybridized carbons (Fsp3) is 0.346. The molecule has 190 valence electrons. The number of aliphatic hydroxyl groups excluding tert-OH is 2. The van der Waals surface area contributed by atoms with Crippen LogP contribution in [0.5, 0.6) is 5.88 Å². The maximum Gasteiger partial charge on any atom is 0.244 e. The van der Waals surface area contributed by atoms with E-state index in [9.17, 15) is 28.2 Å². The van der Waals surface area contributed by atoms with E-state index >= 15 is 0 Å². The lowest BCUT2D eigenvalue weighted by Gasteiger charge is -2.33. The first-order valence-electron chi connectivity index (χ1n) is 11.6. The first-order valence-corrected chi connectivity index (χ1v) is 11.6. The number of aliphatic hydroxyl groups is 2. The van der Waals surface area contributed by atoms with Gasteiger partial charge in [-0.3, -0.25) is 9.78 Å². The third-order valence-electron chi connectivity index (χ3n) is 6.48. The Bertz CT molecular complexity index is 1280. The van der Waals surface area contributed by atoms with Crippen LogP contribution in [0, 0.1) is 23.4 Å². The molecule has 2 aromatic heterocycles. The van der Waals surface area contributed by atoms with Crippen LogP contribution < -0.4 is 10.1 Å². The Labute approximate surface area is 205 Å². The molecule has 0 saturated heterocycles. The monoisotopic (exact) mass is 501 g/mol. The highest BCUT2D eigenvalue weighted by atomic mass is 19.1. The maximum absolute atomic E-state index is 14.7. The van der Waals surface area contributed by atoms with Gasteiger partial charge < -0.3 is 20.3 Å². The van der Waals surface area contributed by atoms with Crippen molar-refractivity contribution in [3.05, 3.63) is 71.2 Å². The van der Waals surface area contributed by atoms with Crippen molar-refractivity contribution >= 4 is 23.0 Å². The van der Waals surface area contributed by atoms with E-state index in [1.807, 2.05) is 0 Å². The SMILES string of the molecule is COc1ccc2ncc(F)c(C(O)C(O)C3CCC(NC(=O)/C=C/c4cc(F)ccc4F)CC3)c2n1. The minimum Gasteiger partial charge on any atom is -0.481 e. The standard InChI is InChI=1S/C26H26F3N3O4/c1-36-22-11-9-20-24(32-22)23(19(29)13-30-20)26(35)25(34)14-2-6-17(7-3-14)31-21(33)10-4-15-12-16(27)5-8-18(15)28/h4-5,8-14,17,25-26,34-35H,2-3,6-7H2,1H3,(H,31,33)/b10-4+. The van der Waals surface area contributed by atoms with Crippen molar-refractivity contribution in [2.24, 2.45) is 5.92 Å². The first kappa shape index (κ1) is 25.6. The van der Waals surface area contributed by atoms with Crippen molar-refractivity contribution in [1.82, 2.24) is 15.3 Å². The van der Waals surface area contributed by atoms with E-state index in [-0.39, 0.29) is 34.5 Å². The first-order chi connectivity index (χ1) is 17.3. The number of rotatable bonds is 7. The summed E-state index contributed by atoms with van der Waals surface area (Å²) in [4.78, 5) is 20.4. The van der Waals surface area contributed by atoms with Crippen LogP contribution in [0.1, 0.15) is 42.9 Å². The molecule has 1 fully saturated rings. The Kier molecular flexibility index (Phi) is 7.85. The molecule has 0 aliphatic heterocycles. The molecule has 0 bridgehead atoms. The molecule has 1 aromatic carbocycles. The number of hydrogen-bond donors (Lipinski definition) is 3. The molecular formula is C26H26F3N3O4. The summed E-state index contributed by atoms with van der Waals surface area (Å²) in [5, 5.41) is 24.6. The zero-order valence-corrected chi connectivity index (χ0v) is 19.5. The van der Waals surface area contributed by atoms with Gasteiger partial charge in [0, 0.05) is 29.3 Å². The normalized spacial score (nSPS) is 19.8. The number of fused-ring (bicyclic) bond motifs is 1. The van der Waals surface area contributed by atoms with Gasteiger partial charge in [0.25, 0.3) is 0 Å². The molecule has 1 aliphatic carbocycles. The predicted octanol–water partition coefficient (Wildman–Crippen LogP) is 3.84. The van der Waals surface area contributed by atoms with E-state index in [1.165, 1.54) is 13.2 Å². The molecule has 3 N–H and O–H groups in total. The van der Waals surface area contributed by atoms with Crippen molar-refractivity contribution in [2.75, 3.05) is 7.11 Å². The van der Waals surface area contributed by atoms with Gasteiger partial charge in [0.2, 0.25) is 11.8 Å². The number of pyridine rings is 2. The molecule has 36 heavy (non-hydrogen) atoms. The van der Waals surface area contributed by atoms with Crippen molar-refractivity contribution < 1.29 is 32.9 Å². The van der Waals surface area contributed by atoms with Crippen LogP contribution in [-0.2, 0) is 4.79 Å². The number of benzene rings is 1. The van der Waals surface area contributed by atoms with E-state index in [0.717, 1.165) is 30.5 Å². The van der Waals surface area contributed by atoms with E-state index in [2.05, 4.69) is 15.3 Å². The van der Waals surface area contributed by atoms with Crippen molar-refractivity contribution in [3.8, 4) is 5.88 Å². The largest absolute Gasteiger partial charge is 0.481 e. The summed E-state index contributed by atoms with van der Waals surface area (Å²) >= 11 is 0. The van der Waals surface area contributed by atoms with Gasteiger partial charge in [-0.15, -0.1) is 0 Å². The number of methoxy groups -OCH3 is 1.